The number of halogens is 3. The van der Waals surface area contributed by atoms with E-state index in [0.717, 1.165) is 0 Å². The molecular formula is C10H13F3N4O2. The smallest absolute Gasteiger partial charge is 0.346 e. The van der Waals surface area contributed by atoms with Gasteiger partial charge in [-0.25, -0.2) is 0 Å². The van der Waals surface area contributed by atoms with Crippen LogP contribution in [0.15, 0.2) is 4.52 Å². The molecule has 9 heteroatoms. The van der Waals surface area contributed by atoms with Crippen molar-refractivity contribution in [3.63, 3.8) is 0 Å². The van der Waals surface area contributed by atoms with Crippen molar-refractivity contribution in [3.8, 4) is 0 Å². The topological polar surface area (TPSA) is 80.0 Å². The third-order valence-electron chi connectivity index (χ3n) is 3.10. The van der Waals surface area contributed by atoms with Gasteiger partial charge < -0.3 is 15.2 Å². The lowest BCUT2D eigenvalue weighted by Gasteiger charge is -2.29. The van der Waals surface area contributed by atoms with Gasteiger partial charge in [-0.1, -0.05) is 5.16 Å². The predicted octanol–water partition coefficient (Wildman–Crippen LogP) is 0.536. The minimum Gasteiger partial charge on any atom is -0.346 e. The maximum atomic E-state index is 13.0. The first-order chi connectivity index (χ1) is 8.85. The molecule has 1 unspecified atom stereocenters. The van der Waals surface area contributed by atoms with Gasteiger partial charge in [-0.15, -0.1) is 0 Å². The number of hydrogen-bond acceptors (Lipinski definition) is 5. The molecule has 2 N–H and O–H groups in total. The summed E-state index contributed by atoms with van der Waals surface area (Å²) in [6.45, 7) is 1.11. The van der Waals surface area contributed by atoms with Crippen molar-refractivity contribution in [3.05, 3.63) is 11.7 Å². The second kappa shape index (κ2) is 4.80. The van der Waals surface area contributed by atoms with Crippen molar-refractivity contribution < 1.29 is 22.5 Å². The van der Waals surface area contributed by atoms with Crippen LogP contribution in [0.2, 0.25) is 0 Å². The fourth-order valence-electron chi connectivity index (χ4n) is 1.99. The summed E-state index contributed by atoms with van der Waals surface area (Å²) in [4.78, 5) is 15.6. The molecule has 1 aliphatic rings. The van der Waals surface area contributed by atoms with Crippen molar-refractivity contribution in [1.82, 2.24) is 20.8 Å². The lowest BCUT2D eigenvalue weighted by atomic mass is 9.85. The number of amides is 1. The highest BCUT2D eigenvalue weighted by molar-refractivity contribution is 5.84. The molecule has 1 aromatic heterocycles. The van der Waals surface area contributed by atoms with Crippen molar-refractivity contribution in [2.45, 2.75) is 26.1 Å². The van der Waals surface area contributed by atoms with Gasteiger partial charge in [0, 0.05) is 6.54 Å². The van der Waals surface area contributed by atoms with Crippen LogP contribution in [0.4, 0.5) is 13.2 Å². The van der Waals surface area contributed by atoms with E-state index < -0.39 is 24.0 Å². The zero-order valence-electron chi connectivity index (χ0n) is 10.2. The van der Waals surface area contributed by atoms with Crippen molar-refractivity contribution in [2.75, 3.05) is 13.1 Å². The lowest BCUT2D eigenvalue weighted by molar-refractivity contribution is -0.216. The summed E-state index contributed by atoms with van der Waals surface area (Å²) < 4.78 is 43.9. The molecule has 1 amide bonds. The Morgan fingerprint density at radius 3 is 2.79 bits per heavy atom. The van der Waals surface area contributed by atoms with E-state index in [4.69, 9.17) is 4.52 Å². The van der Waals surface area contributed by atoms with Crippen LogP contribution in [-0.4, -0.2) is 35.3 Å². The number of carbonyl (C=O) groups is 1. The molecule has 0 radical (unpaired) electrons. The third kappa shape index (κ3) is 2.55. The van der Waals surface area contributed by atoms with Crippen LogP contribution >= 0.6 is 0 Å². The summed E-state index contributed by atoms with van der Waals surface area (Å²) in [7, 11) is 0. The molecule has 1 atom stereocenters. The minimum atomic E-state index is -4.59. The lowest BCUT2D eigenvalue weighted by Crippen LogP contribution is -2.52. The van der Waals surface area contributed by atoms with E-state index in [1.807, 2.05) is 0 Å². The van der Waals surface area contributed by atoms with Gasteiger partial charge in [-0.3, -0.25) is 4.79 Å². The molecule has 2 rings (SSSR count). The molecule has 6 nitrogen and oxygen atoms in total. The van der Waals surface area contributed by atoms with Crippen LogP contribution in [0.3, 0.4) is 0 Å². The van der Waals surface area contributed by atoms with Gasteiger partial charge in [-0.05, 0) is 19.9 Å². The van der Waals surface area contributed by atoms with Gasteiger partial charge in [0.1, 0.15) is 0 Å². The quantitative estimate of drug-likeness (QED) is 0.843. The number of nitrogens with one attached hydrogen (secondary N) is 2. The third-order valence-corrected chi connectivity index (χ3v) is 3.10. The SMILES string of the molecule is Cc1noc(CNC(=O)C2(C(F)(F)F)CCNC2)n1. The highest BCUT2D eigenvalue weighted by atomic mass is 19.4. The summed E-state index contributed by atoms with van der Waals surface area (Å²) in [5.41, 5.74) is -2.37. The van der Waals surface area contributed by atoms with E-state index in [1.165, 1.54) is 0 Å². The summed E-state index contributed by atoms with van der Waals surface area (Å²) in [6.07, 6.45) is -4.86. The molecule has 19 heavy (non-hydrogen) atoms. The second-order valence-electron chi connectivity index (χ2n) is 4.42. The second-order valence-corrected chi connectivity index (χ2v) is 4.42. The van der Waals surface area contributed by atoms with E-state index in [9.17, 15) is 18.0 Å². The molecule has 0 aliphatic carbocycles. The molecule has 106 valence electrons. The van der Waals surface area contributed by atoms with Crippen molar-refractivity contribution in [1.29, 1.82) is 0 Å². The van der Waals surface area contributed by atoms with Crippen LogP contribution in [0.25, 0.3) is 0 Å². The zero-order chi connectivity index (χ0) is 14.1. The number of rotatable bonds is 3. The van der Waals surface area contributed by atoms with Crippen molar-refractivity contribution in [2.24, 2.45) is 5.41 Å². The summed E-state index contributed by atoms with van der Waals surface area (Å²) >= 11 is 0. The molecular weight excluding hydrogens is 265 g/mol. The fraction of sp³-hybridized carbons (Fsp3) is 0.700. The van der Waals surface area contributed by atoms with Gasteiger partial charge in [0.05, 0.1) is 6.54 Å². The molecule has 1 aliphatic heterocycles. The molecule has 1 saturated heterocycles. The average molecular weight is 278 g/mol. The van der Waals surface area contributed by atoms with E-state index in [0.29, 0.717) is 5.82 Å². The van der Waals surface area contributed by atoms with Gasteiger partial charge in [0.15, 0.2) is 11.2 Å². The normalized spacial score (nSPS) is 23.6. The predicted molar refractivity (Wildman–Crippen MR) is 56.9 cm³/mol. The highest BCUT2D eigenvalue weighted by Crippen LogP contribution is 2.43. The number of aryl methyl sites for hydroxylation is 1. The first-order valence-electron chi connectivity index (χ1n) is 5.70. The summed E-state index contributed by atoms with van der Waals surface area (Å²) in [5.74, 6) is -0.632. The molecule has 0 aromatic carbocycles. The molecule has 1 aromatic rings. The Labute approximate surface area is 106 Å². The van der Waals surface area contributed by atoms with Gasteiger partial charge in [-0.2, -0.15) is 18.2 Å². The zero-order valence-corrected chi connectivity index (χ0v) is 10.2. The van der Waals surface area contributed by atoms with Gasteiger partial charge >= 0.3 is 6.18 Å². The number of alkyl halides is 3. The number of aromatic nitrogens is 2. The minimum absolute atomic E-state index is 0.0779. The van der Waals surface area contributed by atoms with E-state index in [-0.39, 0.29) is 25.4 Å². The highest BCUT2D eigenvalue weighted by Gasteiger charge is 2.61. The Kier molecular flexibility index (Phi) is 3.48. The maximum absolute atomic E-state index is 13.0. The largest absolute Gasteiger partial charge is 0.404 e. The fourth-order valence-corrected chi connectivity index (χ4v) is 1.99. The van der Waals surface area contributed by atoms with E-state index in [1.54, 1.807) is 6.92 Å². The van der Waals surface area contributed by atoms with Gasteiger partial charge in [0.25, 0.3) is 0 Å². The Morgan fingerprint density at radius 2 is 2.32 bits per heavy atom. The number of hydrogen-bond donors (Lipinski definition) is 2. The van der Waals surface area contributed by atoms with Crippen LogP contribution in [0, 0.1) is 12.3 Å². The Balaban J connectivity index is 2.05. The van der Waals surface area contributed by atoms with Crippen molar-refractivity contribution >= 4 is 5.91 Å². The molecule has 2 heterocycles. The monoisotopic (exact) mass is 278 g/mol. The van der Waals surface area contributed by atoms with Gasteiger partial charge in [0.2, 0.25) is 11.8 Å². The summed E-state index contributed by atoms with van der Waals surface area (Å²) in [5, 5.41) is 8.26. The van der Waals surface area contributed by atoms with Crippen LogP contribution in [0.1, 0.15) is 18.1 Å². The Morgan fingerprint density at radius 1 is 1.58 bits per heavy atom. The first-order valence-corrected chi connectivity index (χ1v) is 5.70. The Hall–Kier alpha value is -1.64. The molecule has 0 bridgehead atoms. The molecule has 0 saturated carbocycles. The Bertz CT molecular complexity index is 466. The van der Waals surface area contributed by atoms with Crippen LogP contribution < -0.4 is 10.6 Å². The molecule has 0 spiro atoms. The van der Waals surface area contributed by atoms with E-state index >= 15 is 0 Å². The van der Waals surface area contributed by atoms with Crippen LogP contribution in [0.5, 0.6) is 0 Å². The standard InChI is InChI=1S/C10H13F3N4O2/c1-6-16-7(19-17-6)4-15-8(18)9(10(11,12)13)2-3-14-5-9/h14H,2-5H2,1H3,(H,15,18). The molecule has 1 fully saturated rings. The number of carbonyl (C=O) groups excluding carboxylic acids is 1. The first kappa shape index (κ1) is 13.8. The van der Waals surface area contributed by atoms with Crippen LogP contribution in [-0.2, 0) is 11.3 Å². The maximum Gasteiger partial charge on any atom is 0.404 e. The summed E-state index contributed by atoms with van der Waals surface area (Å²) in [6, 6.07) is 0. The average Bonchev–Trinajstić information content (AvgIpc) is 2.94. The number of nitrogens with zero attached hydrogens (tertiary/aromatic N) is 2. The van der Waals surface area contributed by atoms with E-state index in [2.05, 4.69) is 20.8 Å².